The van der Waals surface area contributed by atoms with Crippen molar-refractivity contribution in [3.8, 4) is 0 Å². The number of hydrogen-bond donors (Lipinski definition) is 3. The lowest BCUT2D eigenvalue weighted by Gasteiger charge is -2.20. The van der Waals surface area contributed by atoms with Crippen LogP contribution in [0.25, 0.3) is 0 Å². The number of nitrogens with one attached hydrogen (secondary N) is 1. The van der Waals surface area contributed by atoms with E-state index in [1.807, 2.05) is 0 Å². The topological polar surface area (TPSA) is 113 Å². The van der Waals surface area contributed by atoms with Crippen LogP contribution in [0, 0.1) is 22.9 Å². The fourth-order valence-corrected chi connectivity index (χ4v) is 1.94. The zero-order valence-electron chi connectivity index (χ0n) is 11.7. The summed E-state index contributed by atoms with van der Waals surface area (Å²) in [5, 5.41) is 33.1. The van der Waals surface area contributed by atoms with E-state index in [2.05, 4.69) is 5.32 Å². The first-order valence-corrected chi connectivity index (χ1v) is 6.29. The van der Waals surface area contributed by atoms with E-state index in [0.29, 0.717) is 0 Å². The summed E-state index contributed by atoms with van der Waals surface area (Å²) in [6.45, 7) is 2.81. The number of halogens is 1. The van der Waals surface area contributed by atoms with E-state index < -0.39 is 28.6 Å². The summed E-state index contributed by atoms with van der Waals surface area (Å²) in [7, 11) is 0. The number of nitro groups is 1. The molecule has 2 unspecified atom stereocenters. The van der Waals surface area contributed by atoms with Gasteiger partial charge in [0.2, 0.25) is 5.91 Å². The van der Waals surface area contributed by atoms with Gasteiger partial charge in [0, 0.05) is 19.0 Å². The molecular weight excluding hydrogens is 283 g/mol. The molecule has 0 aromatic heterocycles. The largest absolute Gasteiger partial charge is 0.390 e. The molecule has 1 amide bonds. The van der Waals surface area contributed by atoms with Crippen molar-refractivity contribution >= 4 is 11.6 Å². The number of nitro benzene ring substituents is 1. The van der Waals surface area contributed by atoms with Gasteiger partial charge in [-0.2, -0.15) is 0 Å². The Balaban J connectivity index is 2.93. The number of aliphatic hydroxyl groups excluding tert-OH is 2. The van der Waals surface area contributed by atoms with Gasteiger partial charge in [-0.15, -0.1) is 0 Å². The Morgan fingerprint density at radius 1 is 1.48 bits per heavy atom. The van der Waals surface area contributed by atoms with Crippen LogP contribution in [-0.2, 0) is 4.79 Å². The quantitative estimate of drug-likeness (QED) is 0.535. The minimum atomic E-state index is -1.48. The molecule has 1 rings (SSSR count). The lowest BCUT2D eigenvalue weighted by atomic mass is 9.96. The van der Waals surface area contributed by atoms with Gasteiger partial charge in [0.25, 0.3) is 5.69 Å². The number of nitrogens with zero attached hydrogens (tertiary/aromatic N) is 1. The fraction of sp³-hybridized carbons (Fsp3) is 0.462. The molecule has 2 atom stereocenters. The SMILES string of the molecule is CC(=O)NCCC(O)C(O)c1cc(F)cc([N+](=O)[O-])c1C. The maximum Gasteiger partial charge on any atom is 0.275 e. The van der Waals surface area contributed by atoms with Crippen LogP contribution >= 0.6 is 0 Å². The van der Waals surface area contributed by atoms with Crippen molar-refractivity contribution in [1.82, 2.24) is 5.32 Å². The van der Waals surface area contributed by atoms with E-state index in [9.17, 15) is 29.5 Å². The number of benzene rings is 1. The number of carbonyl (C=O) groups is 1. The molecule has 8 heteroatoms. The number of hydrogen-bond acceptors (Lipinski definition) is 5. The van der Waals surface area contributed by atoms with E-state index in [-0.39, 0.29) is 30.0 Å². The zero-order chi connectivity index (χ0) is 16.2. The third-order valence-electron chi connectivity index (χ3n) is 3.08. The highest BCUT2D eigenvalue weighted by molar-refractivity contribution is 5.72. The van der Waals surface area contributed by atoms with Crippen molar-refractivity contribution in [1.29, 1.82) is 0 Å². The van der Waals surface area contributed by atoms with Gasteiger partial charge < -0.3 is 15.5 Å². The van der Waals surface area contributed by atoms with E-state index in [1.165, 1.54) is 13.8 Å². The second-order valence-electron chi connectivity index (χ2n) is 4.68. The fourth-order valence-electron chi connectivity index (χ4n) is 1.94. The van der Waals surface area contributed by atoms with Crippen molar-refractivity contribution in [2.45, 2.75) is 32.5 Å². The summed E-state index contributed by atoms with van der Waals surface area (Å²) in [5.41, 5.74) is -0.414. The predicted molar refractivity (Wildman–Crippen MR) is 72.1 cm³/mol. The number of carbonyl (C=O) groups excluding carboxylic acids is 1. The Kier molecular flexibility index (Phi) is 5.74. The van der Waals surface area contributed by atoms with Crippen LogP contribution in [0.1, 0.15) is 30.6 Å². The average molecular weight is 300 g/mol. The summed E-state index contributed by atoms with van der Waals surface area (Å²) in [6.07, 6.45) is -2.73. The number of amides is 1. The molecule has 0 aliphatic rings. The van der Waals surface area contributed by atoms with Crippen molar-refractivity contribution in [2.75, 3.05) is 6.54 Å². The van der Waals surface area contributed by atoms with Crippen molar-refractivity contribution in [3.05, 3.63) is 39.2 Å². The molecule has 0 spiro atoms. The van der Waals surface area contributed by atoms with Gasteiger partial charge >= 0.3 is 0 Å². The van der Waals surface area contributed by atoms with Gasteiger partial charge in [0.1, 0.15) is 11.9 Å². The van der Waals surface area contributed by atoms with Gasteiger partial charge in [0.05, 0.1) is 17.1 Å². The minimum absolute atomic E-state index is 0.0322. The van der Waals surface area contributed by atoms with Gasteiger partial charge in [-0.1, -0.05) is 0 Å². The maximum absolute atomic E-state index is 13.4. The summed E-state index contributed by atoms with van der Waals surface area (Å²) < 4.78 is 13.4. The van der Waals surface area contributed by atoms with Gasteiger partial charge in [-0.3, -0.25) is 14.9 Å². The van der Waals surface area contributed by atoms with E-state index in [0.717, 1.165) is 12.1 Å². The highest BCUT2D eigenvalue weighted by atomic mass is 19.1. The molecule has 0 radical (unpaired) electrons. The van der Waals surface area contributed by atoms with Crippen LogP contribution in [0.4, 0.5) is 10.1 Å². The second-order valence-corrected chi connectivity index (χ2v) is 4.68. The molecule has 0 fully saturated rings. The van der Waals surface area contributed by atoms with Crippen molar-refractivity contribution in [3.63, 3.8) is 0 Å². The van der Waals surface area contributed by atoms with Crippen molar-refractivity contribution < 1.29 is 24.3 Å². The molecule has 21 heavy (non-hydrogen) atoms. The molecule has 3 N–H and O–H groups in total. The molecule has 116 valence electrons. The minimum Gasteiger partial charge on any atom is -0.390 e. The summed E-state index contributed by atoms with van der Waals surface area (Å²) >= 11 is 0. The van der Waals surface area contributed by atoms with Gasteiger partial charge in [0.15, 0.2) is 0 Å². The first-order chi connectivity index (χ1) is 9.73. The maximum atomic E-state index is 13.4. The predicted octanol–water partition coefficient (Wildman–Crippen LogP) is 0.963. The van der Waals surface area contributed by atoms with E-state index in [4.69, 9.17) is 0 Å². The Bertz CT molecular complexity index is 550. The van der Waals surface area contributed by atoms with Crippen molar-refractivity contribution in [2.24, 2.45) is 0 Å². The molecule has 1 aromatic rings. The Hall–Kier alpha value is -2.06. The lowest BCUT2D eigenvalue weighted by molar-refractivity contribution is -0.385. The lowest BCUT2D eigenvalue weighted by Crippen LogP contribution is -2.28. The van der Waals surface area contributed by atoms with E-state index in [1.54, 1.807) is 0 Å². The molecule has 7 nitrogen and oxygen atoms in total. The molecule has 0 aliphatic carbocycles. The normalized spacial score (nSPS) is 13.6. The highest BCUT2D eigenvalue weighted by Crippen LogP contribution is 2.29. The van der Waals surface area contributed by atoms with Crippen LogP contribution < -0.4 is 5.32 Å². The molecule has 1 aromatic carbocycles. The van der Waals surface area contributed by atoms with Crippen LogP contribution in [0.2, 0.25) is 0 Å². The van der Waals surface area contributed by atoms with Crippen LogP contribution in [0.5, 0.6) is 0 Å². The van der Waals surface area contributed by atoms with Crippen LogP contribution in [0.3, 0.4) is 0 Å². The third-order valence-corrected chi connectivity index (χ3v) is 3.08. The molecular formula is C13H17FN2O5. The first-order valence-electron chi connectivity index (χ1n) is 6.29. The summed E-state index contributed by atoms with van der Waals surface area (Å²) in [6, 6.07) is 1.71. The molecule has 0 bridgehead atoms. The summed E-state index contributed by atoms with van der Waals surface area (Å²) in [4.78, 5) is 20.8. The monoisotopic (exact) mass is 300 g/mol. The Morgan fingerprint density at radius 2 is 2.10 bits per heavy atom. The summed E-state index contributed by atoms with van der Waals surface area (Å²) in [5.74, 6) is -1.15. The van der Waals surface area contributed by atoms with Gasteiger partial charge in [-0.25, -0.2) is 4.39 Å². The molecule has 0 heterocycles. The third kappa shape index (κ3) is 4.47. The van der Waals surface area contributed by atoms with Gasteiger partial charge in [-0.05, 0) is 25.0 Å². The van der Waals surface area contributed by atoms with Crippen LogP contribution in [0.15, 0.2) is 12.1 Å². The standard InChI is InChI=1S/C13H17FN2O5/c1-7-10(5-9(14)6-11(7)16(20)21)13(19)12(18)3-4-15-8(2)17/h5-6,12-13,18-19H,3-4H2,1-2H3,(H,15,17). The smallest absolute Gasteiger partial charge is 0.275 e. The zero-order valence-corrected chi connectivity index (χ0v) is 11.7. The molecule has 0 aliphatic heterocycles. The molecule has 0 saturated carbocycles. The van der Waals surface area contributed by atoms with E-state index >= 15 is 0 Å². The highest BCUT2D eigenvalue weighted by Gasteiger charge is 2.25. The Morgan fingerprint density at radius 3 is 2.62 bits per heavy atom. The first kappa shape index (κ1) is 17.0. The molecule has 0 saturated heterocycles. The number of aliphatic hydroxyl groups is 2. The average Bonchev–Trinajstić information content (AvgIpc) is 2.39. The number of rotatable bonds is 6. The second kappa shape index (κ2) is 7.09. The van der Waals surface area contributed by atoms with Crippen LogP contribution in [-0.4, -0.2) is 33.7 Å². The Labute approximate surface area is 120 Å².